The molecule has 1 aromatic heterocycles. The fourth-order valence-corrected chi connectivity index (χ4v) is 2.70. The van der Waals surface area contributed by atoms with Crippen molar-refractivity contribution in [2.24, 2.45) is 5.92 Å². The Bertz CT molecular complexity index is 493. The van der Waals surface area contributed by atoms with Crippen LogP contribution in [0.4, 0.5) is 5.82 Å². The van der Waals surface area contributed by atoms with E-state index in [1.807, 2.05) is 40.7 Å². The van der Waals surface area contributed by atoms with Crippen molar-refractivity contribution in [3.63, 3.8) is 0 Å². The number of nitrogens with one attached hydrogen (secondary N) is 1. The number of aromatic nitrogens is 2. The van der Waals surface area contributed by atoms with Gasteiger partial charge in [0.1, 0.15) is 11.6 Å². The molecule has 21 heavy (non-hydrogen) atoms. The number of nitrogens with zero attached hydrogens (tertiary/aromatic N) is 3. The quantitative estimate of drug-likeness (QED) is 0.907. The highest BCUT2D eigenvalue weighted by Gasteiger charge is 2.27. The number of piperidine rings is 1. The van der Waals surface area contributed by atoms with Crippen molar-refractivity contribution in [2.75, 3.05) is 18.0 Å². The first-order valence-electron chi connectivity index (χ1n) is 7.64. The van der Waals surface area contributed by atoms with E-state index >= 15 is 0 Å². The van der Waals surface area contributed by atoms with E-state index in [1.54, 1.807) is 0 Å². The average molecular weight is 290 g/mol. The zero-order valence-corrected chi connectivity index (χ0v) is 13.7. The van der Waals surface area contributed by atoms with E-state index in [0.29, 0.717) is 0 Å². The number of carbonyl (C=O) groups excluding carboxylic acids is 1. The minimum Gasteiger partial charge on any atom is -0.356 e. The summed E-state index contributed by atoms with van der Waals surface area (Å²) in [6, 6.07) is 2.02. The van der Waals surface area contributed by atoms with Crippen LogP contribution in [0, 0.1) is 19.8 Å². The molecular formula is C16H26N4O. The number of hydrogen-bond donors (Lipinski definition) is 1. The molecule has 5 nitrogen and oxygen atoms in total. The smallest absolute Gasteiger partial charge is 0.223 e. The maximum Gasteiger partial charge on any atom is 0.223 e. The number of carbonyl (C=O) groups is 1. The van der Waals surface area contributed by atoms with Crippen LogP contribution >= 0.6 is 0 Å². The molecule has 0 atom stereocenters. The molecule has 1 aliphatic heterocycles. The fourth-order valence-electron chi connectivity index (χ4n) is 2.70. The molecule has 0 saturated carbocycles. The normalized spacial score (nSPS) is 16.9. The first-order valence-corrected chi connectivity index (χ1v) is 7.64. The van der Waals surface area contributed by atoms with Crippen LogP contribution in [0.3, 0.4) is 0 Å². The first kappa shape index (κ1) is 15.7. The molecule has 116 valence electrons. The van der Waals surface area contributed by atoms with E-state index in [-0.39, 0.29) is 17.4 Å². The van der Waals surface area contributed by atoms with Crippen molar-refractivity contribution in [1.82, 2.24) is 15.3 Å². The average Bonchev–Trinajstić information content (AvgIpc) is 2.35. The predicted molar refractivity (Wildman–Crippen MR) is 84.3 cm³/mol. The van der Waals surface area contributed by atoms with Gasteiger partial charge in [0.2, 0.25) is 5.91 Å². The van der Waals surface area contributed by atoms with Gasteiger partial charge in [0.15, 0.2) is 0 Å². The van der Waals surface area contributed by atoms with Gasteiger partial charge in [-0.2, -0.15) is 0 Å². The zero-order chi connectivity index (χ0) is 15.6. The number of anilines is 1. The van der Waals surface area contributed by atoms with E-state index in [0.717, 1.165) is 43.3 Å². The molecule has 5 heteroatoms. The van der Waals surface area contributed by atoms with E-state index in [1.165, 1.54) is 0 Å². The molecule has 2 heterocycles. The Labute approximate surface area is 127 Å². The molecule has 1 saturated heterocycles. The number of hydrogen-bond acceptors (Lipinski definition) is 4. The molecular weight excluding hydrogens is 264 g/mol. The molecule has 0 radical (unpaired) electrons. The van der Waals surface area contributed by atoms with Crippen LogP contribution < -0.4 is 10.2 Å². The van der Waals surface area contributed by atoms with Crippen molar-refractivity contribution in [3.8, 4) is 0 Å². The number of amides is 1. The standard InChI is InChI=1S/C16H26N4O/c1-11-10-14(18-12(2)17-11)20-8-6-13(7-9-20)15(21)19-16(3,4)5/h10,13H,6-9H2,1-5H3,(H,19,21). The Kier molecular flexibility index (Phi) is 4.49. The molecule has 0 aliphatic carbocycles. The van der Waals surface area contributed by atoms with Crippen molar-refractivity contribution in [3.05, 3.63) is 17.6 Å². The number of rotatable bonds is 2. The molecule has 0 aromatic carbocycles. The number of aryl methyl sites for hydroxylation is 2. The lowest BCUT2D eigenvalue weighted by molar-refractivity contribution is -0.127. The molecule has 1 aliphatic rings. The van der Waals surface area contributed by atoms with Crippen LogP contribution in [0.5, 0.6) is 0 Å². The van der Waals surface area contributed by atoms with Gasteiger partial charge in [-0.15, -0.1) is 0 Å². The Morgan fingerprint density at radius 1 is 1.24 bits per heavy atom. The van der Waals surface area contributed by atoms with E-state index in [4.69, 9.17) is 0 Å². The molecule has 0 spiro atoms. The van der Waals surface area contributed by atoms with Crippen molar-refractivity contribution < 1.29 is 4.79 Å². The summed E-state index contributed by atoms with van der Waals surface area (Å²) in [6.45, 7) is 11.7. The summed E-state index contributed by atoms with van der Waals surface area (Å²) < 4.78 is 0. The van der Waals surface area contributed by atoms with Gasteiger partial charge in [-0.1, -0.05) is 0 Å². The molecule has 1 N–H and O–H groups in total. The minimum absolute atomic E-state index is 0.115. The van der Waals surface area contributed by atoms with Crippen LogP contribution in [0.2, 0.25) is 0 Å². The first-order chi connectivity index (χ1) is 9.74. The molecule has 2 rings (SSSR count). The maximum absolute atomic E-state index is 12.2. The maximum atomic E-state index is 12.2. The summed E-state index contributed by atoms with van der Waals surface area (Å²) in [5.74, 6) is 2.08. The van der Waals surface area contributed by atoms with Crippen LogP contribution in [-0.4, -0.2) is 34.5 Å². The van der Waals surface area contributed by atoms with Crippen molar-refractivity contribution in [2.45, 2.75) is 53.0 Å². The second-order valence-corrected chi connectivity index (χ2v) is 6.92. The van der Waals surface area contributed by atoms with Gasteiger partial charge in [-0.25, -0.2) is 9.97 Å². The highest BCUT2D eigenvalue weighted by atomic mass is 16.2. The lowest BCUT2D eigenvalue weighted by Crippen LogP contribution is -2.47. The predicted octanol–water partition coefficient (Wildman–Crippen LogP) is 2.22. The largest absolute Gasteiger partial charge is 0.356 e. The van der Waals surface area contributed by atoms with E-state index < -0.39 is 0 Å². The third-order valence-electron chi connectivity index (χ3n) is 3.64. The fraction of sp³-hybridized carbons (Fsp3) is 0.688. The Hall–Kier alpha value is -1.65. The SMILES string of the molecule is Cc1cc(N2CCC(C(=O)NC(C)(C)C)CC2)nc(C)n1. The van der Waals surface area contributed by atoms with Gasteiger partial charge in [-0.05, 0) is 47.5 Å². The lowest BCUT2D eigenvalue weighted by Gasteiger charge is -2.33. The van der Waals surface area contributed by atoms with Crippen molar-refractivity contribution in [1.29, 1.82) is 0 Å². The second-order valence-electron chi connectivity index (χ2n) is 6.92. The summed E-state index contributed by atoms with van der Waals surface area (Å²) in [4.78, 5) is 23.3. The van der Waals surface area contributed by atoms with Crippen LogP contribution in [0.15, 0.2) is 6.07 Å². The Balaban J connectivity index is 1.95. The van der Waals surface area contributed by atoms with Crippen LogP contribution in [0.25, 0.3) is 0 Å². The summed E-state index contributed by atoms with van der Waals surface area (Å²) >= 11 is 0. The second kappa shape index (κ2) is 6.00. The summed E-state index contributed by atoms with van der Waals surface area (Å²) in [7, 11) is 0. The topological polar surface area (TPSA) is 58.1 Å². The lowest BCUT2D eigenvalue weighted by atomic mass is 9.94. The molecule has 0 bridgehead atoms. The summed E-state index contributed by atoms with van der Waals surface area (Å²) in [6.07, 6.45) is 1.76. The Morgan fingerprint density at radius 2 is 1.86 bits per heavy atom. The summed E-state index contributed by atoms with van der Waals surface area (Å²) in [5.41, 5.74) is 0.833. The monoisotopic (exact) mass is 290 g/mol. The third kappa shape index (κ3) is 4.41. The van der Waals surface area contributed by atoms with Crippen molar-refractivity contribution >= 4 is 11.7 Å². The molecule has 0 unspecified atom stereocenters. The zero-order valence-electron chi connectivity index (χ0n) is 13.7. The van der Waals surface area contributed by atoms with Crippen LogP contribution in [0.1, 0.15) is 45.1 Å². The van der Waals surface area contributed by atoms with E-state index in [2.05, 4.69) is 20.2 Å². The highest BCUT2D eigenvalue weighted by molar-refractivity contribution is 5.79. The highest BCUT2D eigenvalue weighted by Crippen LogP contribution is 2.23. The molecule has 1 amide bonds. The van der Waals surface area contributed by atoms with Gasteiger partial charge >= 0.3 is 0 Å². The van der Waals surface area contributed by atoms with Crippen LogP contribution in [-0.2, 0) is 4.79 Å². The van der Waals surface area contributed by atoms with Gasteiger partial charge in [-0.3, -0.25) is 4.79 Å². The van der Waals surface area contributed by atoms with Gasteiger partial charge < -0.3 is 10.2 Å². The third-order valence-corrected chi connectivity index (χ3v) is 3.64. The Morgan fingerprint density at radius 3 is 2.38 bits per heavy atom. The summed E-state index contributed by atoms with van der Waals surface area (Å²) in [5, 5.41) is 3.08. The van der Waals surface area contributed by atoms with Gasteiger partial charge in [0.25, 0.3) is 0 Å². The van der Waals surface area contributed by atoms with Gasteiger partial charge in [0, 0.05) is 36.3 Å². The molecule has 1 fully saturated rings. The van der Waals surface area contributed by atoms with Gasteiger partial charge in [0.05, 0.1) is 0 Å². The minimum atomic E-state index is -0.158. The van der Waals surface area contributed by atoms with E-state index in [9.17, 15) is 4.79 Å². The molecule has 1 aromatic rings.